The molecule has 3 nitrogen and oxygen atoms in total. The van der Waals surface area contributed by atoms with Crippen LogP contribution >= 0.6 is 7.71 Å². The molecule has 0 heterocycles. The standard InChI is InChI=1S/C13H25N3P/c1-14(2)17(15(3)4,16(5)6)12-13-10-8-7-9-11-13/h7-11H,12H2,1-6H3/q+1. The van der Waals surface area contributed by atoms with Gasteiger partial charge in [0.1, 0.15) is 6.16 Å². The molecule has 0 N–H and O–H groups in total. The Labute approximate surface area is 107 Å². The van der Waals surface area contributed by atoms with Crippen molar-refractivity contribution in [3.8, 4) is 0 Å². The summed E-state index contributed by atoms with van der Waals surface area (Å²) >= 11 is 0. The Morgan fingerprint density at radius 2 is 1.18 bits per heavy atom. The van der Waals surface area contributed by atoms with Gasteiger partial charge in [0.25, 0.3) is 0 Å². The molecule has 0 amide bonds. The van der Waals surface area contributed by atoms with Crippen molar-refractivity contribution in [3.63, 3.8) is 0 Å². The van der Waals surface area contributed by atoms with Gasteiger partial charge < -0.3 is 0 Å². The van der Waals surface area contributed by atoms with Crippen LogP contribution in [-0.4, -0.2) is 56.3 Å². The van der Waals surface area contributed by atoms with Crippen LogP contribution in [0, 0.1) is 0 Å². The minimum atomic E-state index is -1.43. The summed E-state index contributed by atoms with van der Waals surface area (Å²) < 4.78 is 7.12. The first-order valence-electron chi connectivity index (χ1n) is 5.86. The van der Waals surface area contributed by atoms with Crippen molar-refractivity contribution in [1.82, 2.24) is 14.0 Å². The van der Waals surface area contributed by atoms with E-state index in [2.05, 4.69) is 86.6 Å². The molecule has 4 heteroatoms. The topological polar surface area (TPSA) is 9.72 Å². The van der Waals surface area contributed by atoms with Crippen molar-refractivity contribution in [2.75, 3.05) is 42.3 Å². The molecule has 0 atom stereocenters. The molecular weight excluding hydrogens is 229 g/mol. The normalized spacial score (nSPS) is 12.8. The summed E-state index contributed by atoms with van der Waals surface area (Å²) in [5.41, 5.74) is 1.40. The fourth-order valence-electron chi connectivity index (χ4n) is 2.33. The van der Waals surface area contributed by atoms with Crippen LogP contribution in [0.4, 0.5) is 0 Å². The van der Waals surface area contributed by atoms with Gasteiger partial charge in [-0.3, -0.25) is 0 Å². The molecule has 17 heavy (non-hydrogen) atoms. The molecule has 0 aliphatic carbocycles. The summed E-state index contributed by atoms with van der Waals surface area (Å²) in [5, 5.41) is 0. The Balaban J connectivity index is 3.07. The highest BCUT2D eigenvalue weighted by Crippen LogP contribution is 2.65. The van der Waals surface area contributed by atoms with E-state index in [1.807, 2.05) is 0 Å². The maximum absolute atomic E-state index is 2.38. The Morgan fingerprint density at radius 1 is 0.765 bits per heavy atom. The first-order chi connectivity index (χ1) is 7.91. The largest absolute Gasteiger partial charge is 0.230 e. The predicted molar refractivity (Wildman–Crippen MR) is 78.1 cm³/mol. The summed E-state index contributed by atoms with van der Waals surface area (Å²) in [6.45, 7) is 0. The molecule has 0 saturated heterocycles. The van der Waals surface area contributed by atoms with Gasteiger partial charge in [-0.15, -0.1) is 0 Å². The van der Waals surface area contributed by atoms with Crippen LogP contribution in [0.15, 0.2) is 30.3 Å². The maximum atomic E-state index is 2.38. The Morgan fingerprint density at radius 3 is 1.53 bits per heavy atom. The summed E-state index contributed by atoms with van der Waals surface area (Å²) in [6.07, 6.45) is 1.08. The van der Waals surface area contributed by atoms with E-state index in [1.54, 1.807) is 0 Å². The third-order valence-corrected chi connectivity index (χ3v) is 7.79. The van der Waals surface area contributed by atoms with Gasteiger partial charge in [0.2, 0.25) is 7.71 Å². The fraction of sp³-hybridized carbons (Fsp3) is 0.538. The average molecular weight is 254 g/mol. The van der Waals surface area contributed by atoms with Crippen molar-refractivity contribution in [2.24, 2.45) is 0 Å². The van der Waals surface area contributed by atoms with Gasteiger partial charge in [0, 0.05) is 42.3 Å². The molecule has 0 aliphatic rings. The Hall–Kier alpha value is -0.470. The van der Waals surface area contributed by atoms with Gasteiger partial charge >= 0.3 is 0 Å². The SMILES string of the molecule is CN(C)[P+](Cc1ccccc1)(N(C)C)N(C)C. The highest BCUT2D eigenvalue weighted by molar-refractivity contribution is 7.68. The summed E-state index contributed by atoms with van der Waals surface area (Å²) in [6, 6.07) is 10.7. The van der Waals surface area contributed by atoms with Crippen molar-refractivity contribution in [2.45, 2.75) is 6.16 Å². The van der Waals surface area contributed by atoms with Gasteiger partial charge in [-0.2, -0.15) is 14.0 Å². The van der Waals surface area contributed by atoms with Crippen LogP contribution in [0.3, 0.4) is 0 Å². The van der Waals surface area contributed by atoms with E-state index in [1.165, 1.54) is 5.56 Å². The second-order valence-electron chi connectivity index (χ2n) is 4.88. The molecule has 0 spiro atoms. The third-order valence-electron chi connectivity index (χ3n) is 3.16. The van der Waals surface area contributed by atoms with E-state index in [-0.39, 0.29) is 0 Å². The van der Waals surface area contributed by atoms with Crippen LogP contribution in [0.2, 0.25) is 0 Å². The Bertz CT molecular complexity index is 314. The van der Waals surface area contributed by atoms with Gasteiger partial charge in [-0.25, -0.2) is 0 Å². The molecule has 0 aliphatic heterocycles. The van der Waals surface area contributed by atoms with E-state index < -0.39 is 7.71 Å². The molecule has 0 saturated carbocycles. The Kier molecular flexibility index (Phi) is 5.08. The zero-order valence-electron chi connectivity index (χ0n) is 11.9. The molecule has 96 valence electrons. The number of hydrogen-bond donors (Lipinski definition) is 0. The first kappa shape index (κ1) is 14.6. The van der Waals surface area contributed by atoms with Gasteiger partial charge in [0.15, 0.2) is 0 Å². The first-order valence-corrected chi connectivity index (χ1v) is 7.70. The highest BCUT2D eigenvalue weighted by atomic mass is 31.2. The molecule has 0 fully saturated rings. The monoisotopic (exact) mass is 254 g/mol. The van der Waals surface area contributed by atoms with Crippen molar-refractivity contribution < 1.29 is 0 Å². The minimum absolute atomic E-state index is 1.08. The zero-order chi connectivity index (χ0) is 13.1. The fourth-order valence-corrected chi connectivity index (χ4v) is 6.02. The van der Waals surface area contributed by atoms with Gasteiger partial charge in [-0.1, -0.05) is 30.3 Å². The van der Waals surface area contributed by atoms with E-state index in [0.29, 0.717) is 0 Å². The molecule has 1 rings (SSSR count). The van der Waals surface area contributed by atoms with Crippen LogP contribution in [0.1, 0.15) is 5.56 Å². The lowest BCUT2D eigenvalue weighted by molar-refractivity contribution is 0.457. The van der Waals surface area contributed by atoms with E-state index in [0.717, 1.165) is 6.16 Å². The highest BCUT2D eigenvalue weighted by Gasteiger charge is 2.47. The van der Waals surface area contributed by atoms with E-state index in [9.17, 15) is 0 Å². The molecular formula is C13H25N3P+. The lowest BCUT2D eigenvalue weighted by atomic mass is 10.2. The van der Waals surface area contributed by atoms with Crippen molar-refractivity contribution >= 4 is 7.71 Å². The van der Waals surface area contributed by atoms with Gasteiger partial charge in [0.05, 0.1) is 0 Å². The molecule has 1 aromatic rings. The zero-order valence-corrected chi connectivity index (χ0v) is 12.8. The average Bonchev–Trinajstić information content (AvgIpc) is 2.25. The van der Waals surface area contributed by atoms with E-state index >= 15 is 0 Å². The van der Waals surface area contributed by atoms with Gasteiger partial charge in [-0.05, 0) is 5.56 Å². The molecule has 0 bridgehead atoms. The lowest BCUT2D eigenvalue weighted by Crippen LogP contribution is -2.37. The van der Waals surface area contributed by atoms with Crippen molar-refractivity contribution in [3.05, 3.63) is 35.9 Å². The van der Waals surface area contributed by atoms with Crippen LogP contribution in [-0.2, 0) is 6.16 Å². The molecule has 1 aromatic carbocycles. The van der Waals surface area contributed by atoms with Crippen molar-refractivity contribution in [1.29, 1.82) is 0 Å². The number of nitrogens with zero attached hydrogens (tertiary/aromatic N) is 3. The number of hydrogen-bond acceptors (Lipinski definition) is 3. The number of benzene rings is 1. The summed E-state index contributed by atoms with van der Waals surface area (Å²) in [5.74, 6) is 0. The second kappa shape index (κ2) is 5.92. The molecule has 0 unspecified atom stereocenters. The van der Waals surface area contributed by atoms with E-state index in [4.69, 9.17) is 0 Å². The maximum Gasteiger partial charge on any atom is 0.230 e. The van der Waals surface area contributed by atoms with Crippen LogP contribution in [0.5, 0.6) is 0 Å². The molecule has 0 radical (unpaired) electrons. The predicted octanol–water partition coefficient (Wildman–Crippen LogP) is 2.63. The second-order valence-corrected chi connectivity index (χ2v) is 8.98. The minimum Gasteiger partial charge on any atom is -0.154 e. The summed E-state index contributed by atoms with van der Waals surface area (Å²) in [4.78, 5) is 0. The quantitative estimate of drug-likeness (QED) is 0.748. The van der Waals surface area contributed by atoms with Crippen LogP contribution < -0.4 is 0 Å². The third kappa shape index (κ3) is 3.05. The number of rotatable bonds is 5. The summed E-state index contributed by atoms with van der Waals surface area (Å²) in [7, 11) is 11.6. The molecule has 0 aromatic heterocycles. The smallest absolute Gasteiger partial charge is 0.154 e. The van der Waals surface area contributed by atoms with Crippen LogP contribution in [0.25, 0.3) is 0 Å². The lowest BCUT2D eigenvalue weighted by Gasteiger charge is -2.40.